The number of nitrogen functional groups attached to an aromatic ring is 1. The Labute approximate surface area is 167 Å². The number of morpholine rings is 1. The first-order valence-electron chi connectivity index (χ1n) is 9.84. The molecule has 2 aliphatic rings. The fourth-order valence-electron chi connectivity index (χ4n) is 3.57. The zero-order valence-corrected chi connectivity index (χ0v) is 16.0. The third-order valence-electron chi connectivity index (χ3n) is 5.13. The number of benzene rings is 1. The first kappa shape index (κ1) is 18.1. The normalized spacial score (nSPS) is 18.3. The fraction of sp³-hybridized carbons (Fsp3) is 0.474. The van der Waals surface area contributed by atoms with Gasteiger partial charge in [0, 0.05) is 37.9 Å². The van der Waals surface area contributed by atoms with E-state index in [9.17, 15) is 0 Å². The van der Waals surface area contributed by atoms with E-state index in [-0.39, 0.29) is 12.1 Å². The highest BCUT2D eigenvalue weighted by atomic mass is 16.5. The van der Waals surface area contributed by atoms with Gasteiger partial charge in [0.1, 0.15) is 5.52 Å². The first-order chi connectivity index (χ1) is 14.2. The molecular weight excluding hydrogens is 374 g/mol. The largest absolute Gasteiger partial charge is 0.424 e. The molecule has 2 aromatic heterocycles. The highest BCUT2D eigenvalue weighted by Gasteiger charge is 2.20. The Balaban J connectivity index is 1.51. The van der Waals surface area contributed by atoms with Crippen LogP contribution < -0.4 is 16.0 Å². The predicted molar refractivity (Wildman–Crippen MR) is 108 cm³/mol. The molecule has 2 aliphatic heterocycles. The van der Waals surface area contributed by atoms with Gasteiger partial charge in [-0.15, -0.1) is 0 Å². The van der Waals surface area contributed by atoms with Crippen LogP contribution in [0.15, 0.2) is 22.6 Å². The lowest BCUT2D eigenvalue weighted by Gasteiger charge is -2.28. The highest BCUT2D eigenvalue weighted by molar-refractivity contribution is 5.80. The average Bonchev–Trinajstić information content (AvgIpc) is 3.14. The second kappa shape index (κ2) is 7.80. The van der Waals surface area contributed by atoms with Gasteiger partial charge in [0.2, 0.25) is 11.9 Å². The van der Waals surface area contributed by atoms with Gasteiger partial charge in [-0.1, -0.05) is 0 Å². The van der Waals surface area contributed by atoms with Crippen LogP contribution in [-0.2, 0) is 9.47 Å². The van der Waals surface area contributed by atoms with Crippen LogP contribution >= 0.6 is 0 Å². The number of oxazole rings is 1. The van der Waals surface area contributed by atoms with Crippen molar-refractivity contribution in [3.05, 3.63) is 18.2 Å². The SMILES string of the molecule is Nc1nc2cc(-c3nc(NC4CCOCC4)nc(N4CCOCC4)n3)ccc2o1. The lowest BCUT2D eigenvalue weighted by Crippen LogP contribution is -2.38. The molecule has 3 aromatic rings. The number of anilines is 3. The number of nitrogens with one attached hydrogen (secondary N) is 1. The number of hydrogen-bond donors (Lipinski definition) is 2. The zero-order valence-electron chi connectivity index (χ0n) is 16.0. The van der Waals surface area contributed by atoms with E-state index < -0.39 is 0 Å². The summed E-state index contributed by atoms with van der Waals surface area (Å²) >= 11 is 0. The monoisotopic (exact) mass is 397 g/mol. The van der Waals surface area contributed by atoms with Crippen LogP contribution in [0, 0.1) is 0 Å². The number of fused-ring (bicyclic) bond motifs is 1. The predicted octanol–water partition coefficient (Wildman–Crippen LogP) is 1.69. The molecule has 5 rings (SSSR count). The van der Waals surface area contributed by atoms with Crippen LogP contribution in [0.5, 0.6) is 0 Å². The number of hydrogen-bond acceptors (Lipinski definition) is 10. The quantitative estimate of drug-likeness (QED) is 0.672. The summed E-state index contributed by atoms with van der Waals surface area (Å²) in [6.45, 7) is 4.31. The summed E-state index contributed by atoms with van der Waals surface area (Å²) in [6.07, 6.45) is 1.86. The average molecular weight is 397 g/mol. The number of nitrogens with two attached hydrogens (primary N) is 1. The Morgan fingerprint density at radius 2 is 1.76 bits per heavy atom. The van der Waals surface area contributed by atoms with Crippen molar-refractivity contribution in [1.29, 1.82) is 0 Å². The second-order valence-electron chi connectivity index (χ2n) is 7.15. The molecule has 0 saturated carbocycles. The van der Waals surface area contributed by atoms with Crippen molar-refractivity contribution in [3.8, 4) is 11.4 Å². The molecule has 2 saturated heterocycles. The molecule has 0 atom stereocenters. The topological polar surface area (TPSA) is 124 Å². The summed E-state index contributed by atoms with van der Waals surface area (Å²) in [4.78, 5) is 20.4. The summed E-state index contributed by atoms with van der Waals surface area (Å²) in [5, 5.41) is 3.46. The Morgan fingerprint density at radius 3 is 2.59 bits per heavy atom. The maximum absolute atomic E-state index is 5.67. The van der Waals surface area contributed by atoms with Crippen molar-refractivity contribution in [2.24, 2.45) is 0 Å². The molecule has 3 N–H and O–H groups in total. The van der Waals surface area contributed by atoms with Crippen LogP contribution in [-0.4, -0.2) is 65.5 Å². The molecule has 10 heteroatoms. The van der Waals surface area contributed by atoms with Crippen molar-refractivity contribution in [2.75, 3.05) is 55.5 Å². The van der Waals surface area contributed by atoms with E-state index in [4.69, 9.17) is 24.6 Å². The lowest BCUT2D eigenvalue weighted by molar-refractivity contribution is 0.0903. The molecule has 4 heterocycles. The van der Waals surface area contributed by atoms with Crippen LogP contribution in [0.25, 0.3) is 22.5 Å². The van der Waals surface area contributed by atoms with Crippen LogP contribution in [0.2, 0.25) is 0 Å². The summed E-state index contributed by atoms with van der Waals surface area (Å²) in [7, 11) is 0. The minimum atomic E-state index is 0.142. The molecule has 152 valence electrons. The minimum absolute atomic E-state index is 0.142. The standard InChI is InChI=1S/C19H23N7O3/c20-17-22-14-11-12(1-2-15(14)29-17)16-23-18(21-13-3-7-27-8-4-13)25-19(24-16)26-5-9-28-10-6-26/h1-2,11,13H,3-10H2,(H2,20,22)(H,21,23,24,25). The number of aromatic nitrogens is 4. The van der Waals surface area contributed by atoms with Crippen molar-refractivity contribution >= 4 is 29.0 Å². The maximum Gasteiger partial charge on any atom is 0.292 e. The molecule has 0 amide bonds. The summed E-state index contributed by atoms with van der Waals surface area (Å²) in [5.74, 6) is 1.80. The third kappa shape index (κ3) is 3.94. The van der Waals surface area contributed by atoms with Gasteiger partial charge in [-0.05, 0) is 31.0 Å². The molecule has 0 radical (unpaired) electrons. The number of rotatable bonds is 4. The summed E-state index contributed by atoms with van der Waals surface area (Å²) in [5.41, 5.74) is 7.81. The smallest absolute Gasteiger partial charge is 0.292 e. The Kier molecular flexibility index (Phi) is 4.86. The van der Waals surface area contributed by atoms with E-state index in [2.05, 4.69) is 25.2 Å². The molecule has 2 fully saturated rings. The second-order valence-corrected chi connectivity index (χ2v) is 7.15. The van der Waals surface area contributed by atoms with Crippen LogP contribution in [0.3, 0.4) is 0 Å². The number of nitrogens with zero attached hydrogens (tertiary/aromatic N) is 5. The Hall–Kier alpha value is -2.98. The molecule has 29 heavy (non-hydrogen) atoms. The third-order valence-corrected chi connectivity index (χ3v) is 5.13. The molecular formula is C19H23N7O3. The van der Waals surface area contributed by atoms with Crippen molar-refractivity contribution < 1.29 is 13.9 Å². The van der Waals surface area contributed by atoms with Crippen molar-refractivity contribution in [3.63, 3.8) is 0 Å². The van der Waals surface area contributed by atoms with Gasteiger partial charge in [0.25, 0.3) is 6.01 Å². The van der Waals surface area contributed by atoms with Crippen LogP contribution in [0.1, 0.15) is 12.8 Å². The van der Waals surface area contributed by atoms with E-state index in [1.54, 1.807) is 0 Å². The van der Waals surface area contributed by atoms with Gasteiger partial charge >= 0.3 is 0 Å². The van der Waals surface area contributed by atoms with Crippen molar-refractivity contribution in [1.82, 2.24) is 19.9 Å². The molecule has 0 spiro atoms. The molecule has 10 nitrogen and oxygen atoms in total. The fourth-order valence-corrected chi connectivity index (χ4v) is 3.57. The van der Waals surface area contributed by atoms with E-state index in [1.807, 2.05) is 18.2 Å². The lowest BCUT2D eigenvalue weighted by atomic mass is 10.1. The van der Waals surface area contributed by atoms with Gasteiger partial charge in [-0.2, -0.15) is 19.9 Å². The summed E-state index contributed by atoms with van der Waals surface area (Å²) < 4.78 is 16.3. The van der Waals surface area contributed by atoms with Gasteiger partial charge < -0.3 is 29.8 Å². The van der Waals surface area contributed by atoms with E-state index in [0.717, 1.165) is 44.7 Å². The van der Waals surface area contributed by atoms with Gasteiger partial charge in [0.05, 0.1) is 13.2 Å². The van der Waals surface area contributed by atoms with E-state index in [1.165, 1.54) is 0 Å². The molecule has 1 aromatic carbocycles. The Bertz CT molecular complexity index is 997. The molecule has 0 aliphatic carbocycles. The van der Waals surface area contributed by atoms with E-state index in [0.29, 0.717) is 42.0 Å². The Morgan fingerprint density at radius 1 is 0.966 bits per heavy atom. The number of ether oxygens (including phenoxy) is 2. The first-order valence-corrected chi connectivity index (χ1v) is 9.84. The molecule has 0 bridgehead atoms. The zero-order chi connectivity index (χ0) is 19.6. The van der Waals surface area contributed by atoms with Crippen LogP contribution in [0.4, 0.5) is 17.9 Å². The minimum Gasteiger partial charge on any atom is -0.424 e. The maximum atomic E-state index is 5.67. The highest BCUT2D eigenvalue weighted by Crippen LogP contribution is 2.26. The van der Waals surface area contributed by atoms with Gasteiger partial charge in [0.15, 0.2) is 11.4 Å². The van der Waals surface area contributed by atoms with E-state index >= 15 is 0 Å². The van der Waals surface area contributed by atoms with Gasteiger partial charge in [-0.3, -0.25) is 0 Å². The van der Waals surface area contributed by atoms with Crippen molar-refractivity contribution in [2.45, 2.75) is 18.9 Å². The van der Waals surface area contributed by atoms with Gasteiger partial charge in [-0.25, -0.2) is 0 Å². The molecule has 0 unspecified atom stereocenters. The summed E-state index contributed by atoms with van der Waals surface area (Å²) in [6, 6.07) is 6.05.